The van der Waals surface area contributed by atoms with Crippen molar-refractivity contribution < 1.29 is 22.8 Å². The number of likely N-dealkylation sites (N-methyl/N-ethyl adjacent to an activating group) is 1. The van der Waals surface area contributed by atoms with Gasteiger partial charge in [-0.1, -0.05) is 29.8 Å². The van der Waals surface area contributed by atoms with Gasteiger partial charge in [-0.25, -0.2) is 17.7 Å². The number of aliphatic imine (C=N–C) groups is 1. The summed E-state index contributed by atoms with van der Waals surface area (Å²) in [6, 6.07) is 5.87. The Balaban J connectivity index is 1.82. The van der Waals surface area contributed by atoms with Crippen molar-refractivity contribution in [3.63, 3.8) is 0 Å². The van der Waals surface area contributed by atoms with E-state index in [4.69, 9.17) is 0 Å². The van der Waals surface area contributed by atoms with Gasteiger partial charge in [0.25, 0.3) is 17.6 Å². The minimum Gasteiger partial charge on any atom is -0.350 e. The Bertz CT molecular complexity index is 939. The highest BCUT2D eigenvalue weighted by molar-refractivity contribution is 7.89. The molecule has 1 aromatic rings. The average Bonchev–Trinajstić information content (AvgIpc) is 2.66. The van der Waals surface area contributed by atoms with Crippen molar-refractivity contribution in [2.24, 2.45) is 4.99 Å². The molecule has 0 aromatic heterocycles. The topological polar surface area (TPSA) is 116 Å². The summed E-state index contributed by atoms with van der Waals surface area (Å²) < 4.78 is 25.7. The fourth-order valence-electron chi connectivity index (χ4n) is 3.05. The van der Waals surface area contributed by atoms with E-state index in [1.807, 2.05) is 31.2 Å². The van der Waals surface area contributed by atoms with E-state index in [1.54, 1.807) is 0 Å². The number of carbonyl (C=O) groups excluding carboxylic acids is 3. The van der Waals surface area contributed by atoms with Crippen molar-refractivity contribution in [3.05, 3.63) is 35.4 Å². The summed E-state index contributed by atoms with van der Waals surface area (Å²) in [4.78, 5) is 42.1. The van der Waals surface area contributed by atoms with Crippen LogP contribution in [0.5, 0.6) is 0 Å². The van der Waals surface area contributed by atoms with Crippen LogP contribution in [-0.4, -0.2) is 66.6 Å². The molecular formula is C18H22N4O5S. The number of rotatable bonds is 3. The molecule has 1 atom stereocenters. The molecule has 1 fully saturated rings. The van der Waals surface area contributed by atoms with Crippen LogP contribution in [0.2, 0.25) is 0 Å². The molecule has 0 aliphatic carbocycles. The number of benzene rings is 1. The highest BCUT2D eigenvalue weighted by Crippen LogP contribution is 2.19. The molecule has 28 heavy (non-hydrogen) atoms. The fraction of sp³-hybridized carbons (Fsp3) is 0.444. The molecule has 2 aliphatic rings. The molecule has 150 valence electrons. The van der Waals surface area contributed by atoms with Crippen LogP contribution in [0.1, 0.15) is 24.0 Å². The molecule has 2 aliphatic heterocycles. The Kier molecular flexibility index (Phi) is 5.50. The smallest absolute Gasteiger partial charge is 0.299 e. The zero-order chi connectivity index (χ0) is 20.5. The predicted octanol–water partition coefficient (Wildman–Crippen LogP) is -0.197. The highest BCUT2D eigenvalue weighted by atomic mass is 32.2. The maximum absolute atomic E-state index is 12.5. The zero-order valence-electron chi connectivity index (χ0n) is 15.7. The number of hydrogen-bond donors (Lipinski definition) is 1. The van der Waals surface area contributed by atoms with Crippen molar-refractivity contribution in [2.45, 2.75) is 32.4 Å². The Labute approximate surface area is 163 Å². The Hall–Kier alpha value is -2.75. The normalized spacial score (nSPS) is 22.1. The van der Waals surface area contributed by atoms with Crippen LogP contribution >= 0.6 is 0 Å². The van der Waals surface area contributed by atoms with E-state index in [0.29, 0.717) is 12.8 Å². The summed E-state index contributed by atoms with van der Waals surface area (Å²) in [5.41, 5.74) is 1.90. The van der Waals surface area contributed by atoms with Gasteiger partial charge in [-0.3, -0.25) is 19.3 Å². The number of ketones is 1. The van der Waals surface area contributed by atoms with Gasteiger partial charge in [0.15, 0.2) is 6.04 Å². The van der Waals surface area contributed by atoms with Gasteiger partial charge < -0.3 is 5.32 Å². The van der Waals surface area contributed by atoms with Crippen molar-refractivity contribution >= 4 is 33.6 Å². The monoisotopic (exact) mass is 406 g/mol. The Morgan fingerprint density at radius 3 is 2.54 bits per heavy atom. The van der Waals surface area contributed by atoms with Crippen molar-refractivity contribution in [2.75, 3.05) is 19.3 Å². The van der Waals surface area contributed by atoms with E-state index in [9.17, 15) is 22.8 Å². The summed E-state index contributed by atoms with van der Waals surface area (Å²) in [7, 11) is -2.36. The number of nitrogens with zero attached hydrogens (tertiary/aromatic N) is 3. The van der Waals surface area contributed by atoms with Gasteiger partial charge in [0.1, 0.15) is 0 Å². The van der Waals surface area contributed by atoms with E-state index in [-0.39, 0.29) is 24.8 Å². The van der Waals surface area contributed by atoms with Gasteiger partial charge in [0.05, 0.1) is 5.75 Å². The highest BCUT2D eigenvalue weighted by Gasteiger charge is 2.43. The van der Waals surface area contributed by atoms with Gasteiger partial charge in [-0.15, -0.1) is 0 Å². The molecule has 1 unspecified atom stereocenters. The lowest BCUT2D eigenvalue weighted by Crippen LogP contribution is -2.58. The van der Waals surface area contributed by atoms with E-state index in [2.05, 4.69) is 10.3 Å². The quantitative estimate of drug-likeness (QED) is 0.551. The van der Waals surface area contributed by atoms with Crippen LogP contribution in [0.25, 0.3) is 0 Å². The van der Waals surface area contributed by atoms with Crippen LogP contribution in [0, 0.1) is 6.92 Å². The first-order valence-corrected chi connectivity index (χ1v) is 10.5. The van der Waals surface area contributed by atoms with Gasteiger partial charge in [0.2, 0.25) is 16.0 Å². The number of amides is 2. The van der Waals surface area contributed by atoms with Gasteiger partial charge in [-0.2, -0.15) is 0 Å². The third kappa shape index (κ3) is 3.91. The molecule has 1 aromatic carbocycles. The van der Waals surface area contributed by atoms with E-state index < -0.39 is 33.7 Å². The molecule has 2 heterocycles. The third-order valence-corrected chi connectivity index (χ3v) is 6.54. The van der Waals surface area contributed by atoms with E-state index >= 15 is 0 Å². The summed E-state index contributed by atoms with van der Waals surface area (Å²) in [5, 5.41) is 2.59. The number of aryl methyl sites for hydroxylation is 1. The van der Waals surface area contributed by atoms with E-state index in [0.717, 1.165) is 20.3 Å². The van der Waals surface area contributed by atoms with Crippen LogP contribution in [0.3, 0.4) is 0 Å². The van der Waals surface area contributed by atoms with Crippen LogP contribution in [0.15, 0.2) is 29.3 Å². The molecule has 0 saturated carbocycles. The minimum absolute atomic E-state index is 0.0632. The first-order chi connectivity index (χ1) is 13.2. The van der Waals surface area contributed by atoms with Crippen molar-refractivity contribution in [1.29, 1.82) is 0 Å². The lowest BCUT2D eigenvalue weighted by atomic mass is 10.1. The number of guanidine groups is 1. The molecule has 0 radical (unpaired) electrons. The first kappa shape index (κ1) is 20.0. The third-order valence-electron chi connectivity index (χ3n) is 4.72. The lowest BCUT2D eigenvalue weighted by molar-refractivity contribution is -0.145. The second-order valence-electron chi connectivity index (χ2n) is 6.86. The second kappa shape index (κ2) is 7.70. The molecule has 9 nitrogen and oxygen atoms in total. The van der Waals surface area contributed by atoms with Gasteiger partial charge in [-0.05, 0) is 25.3 Å². The number of Topliss-reactive ketones (excluding diaryl/α,β-unsaturated/α-hetero) is 1. The summed E-state index contributed by atoms with van der Waals surface area (Å²) in [6.07, 6.45) is 1.13. The molecule has 0 spiro atoms. The summed E-state index contributed by atoms with van der Waals surface area (Å²) in [5.74, 6) is -2.92. The van der Waals surface area contributed by atoms with Crippen molar-refractivity contribution in [3.8, 4) is 0 Å². The maximum atomic E-state index is 12.5. The maximum Gasteiger partial charge on any atom is 0.299 e. The zero-order valence-corrected chi connectivity index (χ0v) is 16.5. The SMILES string of the molecule is Cc1ccc(CNC(=O)C2N=C(N3CCCCS3(=O)=O)N(C)C(=O)C2=O)cc1. The minimum atomic E-state index is -3.64. The lowest BCUT2D eigenvalue weighted by Gasteiger charge is -2.35. The van der Waals surface area contributed by atoms with Crippen LogP contribution < -0.4 is 5.32 Å². The molecule has 10 heteroatoms. The largest absolute Gasteiger partial charge is 0.350 e. The second-order valence-corrected chi connectivity index (χ2v) is 8.87. The van der Waals surface area contributed by atoms with Gasteiger partial charge in [0, 0.05) is 20.1 Å². The summed E-state index contributed by atoms with van der Waals surface area (Å²) >= 11 is 0. The fourth-order valence-corrected chi connectivity index (χ4v) is 4.66. The number of sulfonamides is 1. The molecule has 0 bridgehead atoms. The molecule has 1 N–H and O–H groups in total. The van der Waals surface area contributed by atoms with Crippen LogP contribution in [0.4, 0.5) is 0 Å². The Morgan fingerprint density at radius 1 is 1.21 bits per heavy atom. The number of carbonyl (C=O) groups is 3. The predicted molar refractivity (Wildman–Crippen MR) is 102 cm³/mol. The van der Waals surface area contributed by atoms with Gasteiger partial charge >= 0.3 is 0 Å². The number of nitrogens with one attached hydrogen (secondary N) is 1. The molecular weight excluding hydrogens is 384 g/mol. The Morgan fingerprint density at radius 2 is 1.89 bits per heavy atom. The summed E-state index contributed by atoms with van der Waals surface area (Å²) in [6.45, 7) is 2.26. The average molecular weight is 406 g/mol. The first-order valence-electron chi connectivity index (χ1n) is 8.94. The number of hydrogen-bond acceptors (Lipinski definition) is 6. The molecule has 3 rings (SSSR count). The van der Waals surface area contributed by atoms with Crippen molar-refractivity contribution in [1.82, 2.24) is 14.5 Å². The van der Waals surface area contributed by atoms with Crippen LogP contribution in [-0.2, 0) is 31.0 Å². The van der Waals surface area contributed by atoms with E-state index in [1.165, 1.54) is 7.05 Å². The molecule has 1 saturated heterocycles. The standard InChI is InChI=1S/C18H22N4O5S/c1-12-5-7-13(8-6-12)11-19-16(24)14-15(23)17(25)21(2)18(20-14)22-9-3-4-10-28(22,26)27/h5-8,14H,3-4,9-11H2,1-2H3,(H,19,24). The molecule has 2 amide bonds.